The van der Waals surface area contributed by atoms with Crippen LogP contribution >= 0.6 is 10.5 Å². The minimum atomic E-state index is -0.0270. The van der Waals surface area contributed by atoms with Crippen LogP contribution in [-0.4, -0.2) is 17.3 Å². The minimum Gasteiger partial charge on any atom is -0.350 e. The van der Waals surface area contributed by atoms with Gasteiger partial charge in [-0.05, 0) is 6.26 Å². The Morgan fingerprint density at radius 3 is 2.88 bits per heavy atom. The quantitative estimate of drug-likeness (QED) is 0.535. The molecule has 1 unspecified atom stereocenters. The Morgan fingerprint density at radius 1 is 1.88 bits per heavy atom. The SMILES string of the molecule is C=S(C)c1ccno1. The molecule has 0 saturated carbocycles. The highest BCUT2D eigenvalue weighted by atomic mass is 32.2. The van der Waals surface area contributed by atoms with Gasteiger partial charge in [0.05, 0.1) is 6.20 Å². The molecule has 1 aromatic heterocycles. The van der Waals surface area contributed by atoms with Gasteiger partial charge < -0.3 is 4.52 Å². The zero-order valence-corrected chi connectivity index (χ0v) is 5.44. The molecule has 44 valence electrons. The minimum absolute atomic E-state index is 0.0270. The summed E-state index contributed by atoms with van der Waals surface area (Å²) in [5.74, 6) is 3.77. The molecular formula is C5H7NOS. The van der Waals surface area contributed by atoms with Crippen LogP contribution in [0.2, 0.25) is 0 Å². The molecule has 0 radical (unpaired) electrons. The zero-order chi connectivity index (χ0) is 5.98. The monoisotopic (exact) mass is 129 g/mol. The van der Waals surface area contributed by atoms with Crippen LogP contribution in [0.4, 0.5) is 0 Å². The molecule has 2 nitrogen and oxygen atoms in total. The van der Waals surface area contributed by atoms with E-state index in [0.29, 0.717) is 0 Å². The van der Waals surface area contributed by atoms with Crippen molar-refractivity contribution < 1.29 is 4.52 Å². The van der Waals surface area contributed by atoms with Gasteiger partial charge in [0.25, 0.3) is 0 Å². The summed E-state index contributed by atoms with van der Waals surface area (Å²) in [6.45, 7) is 0. The molecule has 0 aromatic carbocycles. The van der Waals surface area contributed by atoms with E-state index in [2.05, 4.69) is 11.0 Å². The highest BCUT2D eigenvalue weighted by Gasteiger charge is 1.91. The molecule has 0 aliphatic rings. The van der Waals surface area contributed by atoms with E-state index in [1.165, 1.54) is 0 Å². The summed E-state index contributed by atoms with van der Waals surface area (Å²) in [7, 11) is -0.0270. The van der Waals surface area contributed by atoms with Gasteiger partial charge in [-0.2, -0.15) is 0 Å². The van der Waals surface area contributed by atoms with Crippen LogP contribution < -0.4 is 0 Å². The van der Waals surface area contributed by atoms with Crippen molar-refractivity contribution in [2.75, 3.05) is 6.26 Å². The van der Waals surface area contributed by atoms with Crippen molar-refractivity contribution in [1.82, 2.24) is 5.16 Å². The smallest absolute Gasteiger partial charge is 0.186 e. The Labute approximate surface area is 50.4 Å². The van der Waals surface area contributed by atoms with E-state index in [1.807, 2.05) is 12.3 Å². The zero-order valence-electron chi connectivity index (χ0n) is 4.63. The van der Waals surface area contributed by atoms with Crippen LogP contribution in [0.5, 0.6) is 0 Å². The summed E-state index contributed by atoms with van der Waals surface area (Å²) in [4.78, 5) is 0. The Bertz CT molecular complexity index is 180. The van der Waals surface area contributed by atoms with Crippen molar-refractivity contribution in [3.63, 3.8) is 0 Å². The third-order valence-electron chi connectivity index (χ3n) is 0.758. The molecule has 0 N–H and O–H groups in total. The maximum Gasteiger partial charge on any atom is 0.186 e. The predicted octanol–water partition coefficient (Wildman–Crippen LogP) is 1.36. The summed E-state index contributed by atoms with van der Waals surface area (Å²) < 4.78 is 4.79. The van der Waals surface area contributed by atoms with Crippen molar-refractivity contribution in [2.45, 2.75) is 5.09 Å². The lowest BCUT2D eigenvalue weighted by atomic mass is 10.8. The van der Waals surface area contributed by atoms with Gasteiger partial charge in [-0.3, -0.25) is 0 Å². The fraction of sp³-hybridized carbons (Fsp3) is 0.200. The van der Waals surface area contributed by atoms with Gasteiger partial charge in [-0.15, -0.1) is 10.5 Å². The number of hydrogen-bond acceptors (Lipinski definition) is 2. The summed E-state index contributed by atoms with van der Waals surface area (Å²) in [5, 5.41) is 4.40. The first kappa shape index (κ1) is 5.56. The van der Waals surface area contributed by atoms with Gasteiger partial charge in [0.2, 0.25) is 0 Å². The largest absolute Gasteiger partial charge is 0.350 e. The molecule has 0 saturated heterocycles. The normalized spacial score (nSPS) is 13.6. The second-order valence-corrected chi connectivity index (χ2v) is 3.15. The third-order valence-corrected chi connectivity index (χ3v) is 1.66. The first-order valence-electron chi connectivity index (χ1n) is 2.17. The van der Waals surface area contributed by atoms with Crippen LogP contribution in [0.15, 0.2) is 21.9 Å². The fourth-order valence-corrected chi connectivity index (χ4v) is 0.847. The van der Waals surface area contributed by atoms with Crippen LogP contribution in [0, 0.1) is 0 Å². The van der Waals surface area contributed by atoms with Gasteiger partial charge in [0.15, 0.2) is 5.09 Å². The molecule has 0 fully saturated rings. The van der Waals surface area contributed by atoms with E-state index < -0.39 is 0 Å². The summed E-state index contributed by atoms with van der Waals surface area (Å²) in [6.07, 6.45) is 3.62. The lowest BCUT2D eigenvalue weighted by Crippen LogP contribution is -1.60. The van der Waals surface area contributed by atoms with Gasteiger partial charge in [0.1, 0.15) is 0 Å². The van der Waals surface area contributed by atoms with Crippen molar-refractivity contribution in [3.05, 3.63) is 12.3 Å². The lowest BCUT2D eigenvalue weighted by molar-refractivity contribution is 0.350. The molecule has 0 aliphatic heterocycles. The maximum atomic E-state index is 4.79. The topological polar surface area (TPSA) is 26.0 Å². The molecule has 0 aliphatic carbocycles. The summed E-state index contributed by atoms with van der Waals surface area (Å²) in [6, 6.07) is 1.83. The van der Waals surface area contributed by atoms with E-state index in [-0.39, 0.29) is 10.5 Å². The highest BCUT2D eigenvalue weighted by molar-refractivity contribution is 8.13. The number of nitrogens with zero attached hydrogens (tertiary/aromatic N) is 1. The first-order chi connectivity index (χ1) is 3.80. The van der Waals surface area contributed by atoms with Crippen LogP contribution in [-0.2, 0) is 0 Å². The Morgan fingerprint density at radius 2 is 2.62 bits per heavy atom. The summed E-state index contributed by atoms with van der Waals surface area (Å²) >= 11 is 0. The van der Waals surface area contributed by atoms with Gasteiger partial charge in [-0.1, -0.05) is 11.0 Å². The molecule has 3 heteroatoms. The standard InChI is InChI=1S/C5H7NOS/c1-8(2)5-3-4-6-7-5/h3-4H,1H2,2H3. The van der Waals surface area contributed by atoms with Crippen molar-refractivity contribution in [2.24, 2.45) is 0 Å². The average Bonchev–Trinajstić information content (AvgIpc) is 2.12. The van der Waals surface area contributed by atoms with Crippen molar-refractivity contribution in [3.8, 4) is 0 Å². The molecule has 0 bridgehead atoms. The van der Waals surface area contributed by atoms with Gasteiger partial charge >= 0.3 is 0 Å². The van der Waals surface area contributed by atoms with E-state index >= 15 is 0 Å². The molecule has 1 rings (SSSR count). The van der Waals surface area contributed by atoms with Crippen molar-refractivity contribution >= 4 is 16.4 Å². The molecular weight excluding hydrogens is 122 g/mol. The second-order valence-electron chi connectivity index (χ2n) is 1.47. The Kier molecular flexibility index (Phi) is 1.48. The number of aromatic nitrogens is 1. The lowest BCUT2D eigenvalue weighted by Gasteiger charge is -1.86. The van der Waals surface area contributed by atoms with Gasteiger partial charge in [-0.25, -0.2) is 0 Å². The van der Waals surface area contributed by atoms with Crippen LogP contribution in [0.3, 0.4) is 0 Å². The van der Waals surface area contributed by atoms with E-state index in [9.17, 15) is 0 Å². The maximum absolute atomic E-state index is 4.79. The highest BCUT2D eigenvalue weighted by Crippen LogP contribution is 2.17. The molecule has 0 spiro atoms. The Balaban J connectivity index is 2.93. The van der Waals surface area contributed by atoms with Crippen LogP contribution in [0.25, 0.3) is 0 Å². The van der Waals surface area contributed by atoms with E-state index in [0.717, 1.165) is 5.09 Å². The van der Waals surface area contributed by atoms with E-state index in [4.69, 9.17) is 4.52 Å². The molecule has 1 atom stereocenters. The van der Waals surface area contributed by atoms with E-state index in [1.54, 1.807) is 6.20 Å². The molecule has 1 heterocycles. The molecule has 0 amide bonds. The average molecular weight is 129 g/mol. The number of rotatable bonds is 1. The Hall–Kier alpha value is -0.570. The molecule has 1 aromatic rings. The third kappa shape index (κ3) is 0.980. The fourth-order valence-electron chi connectivity index (χ4n) is 0.384. The second kappa shape index (κ2) is 2.13. The first-order valence-corrected chi connectivity index (χ1v) is 3.97. The van der Waals surface area contributed by atoms with Gasteiger partial charge in [0, 0.05) is 6.07 Å². The number of hydrogen-bond donors (Lipinski definition) is 0. The predicted molar refractivity (Wildman–Crippen MR) is 35.4 cm³/mol. The van der Waals surface area contributed by atoms with Crippen molar-refractivity contribution in [1.29, 1.82) is 0 Å². The summed E-state index contributed by atoms with van der Waals surface area (Å²) in [5.41, 5.74) is 0. The molecule has 8 heavy (non-hydrogen) atoms. The van der Waals surface area contributed by atoms with Crippen LogP contribution in [0.1, 0.15) is 0 Å².